The zero-order chi connectivity index (χ0) is 20.8. The van der Waals surface area contributed by atoms with Crippen LogP contribution in [0.5, 0.6) is 11.5 Å². The van der Waals surface area contributed by atoms with Crippen molar-refractivity contribution in [2.75, 3.05) is 24.9 Å². The largest absolute Gasteiger partial charge is 0.497 e. The molecule has 0 aliphatic carbocycles. The molecular weight excluding hydrogens is 408 g/mol. The average Bonchev–Trinajstić information content (AvgIpc) is 3.04. The van der Waals surface area contributed by atoms with Gasteiger partial charge in [0.15, 0.2) is 5.17 Å². The fourth-order valence-corrected chi connectivity index (χ4v) is 3.66. The number of aliphatic imine (C=N–C) groups is 1. The van der Waals surface area contributed by atoms with Crippen molar-refractivity contribution < 1.29 is 14.3 Å². The van der Waals surface area contributed by atoms with E-state index in [4.69, 9.17) is 21.1 Å². The van der Waals surface area contributed by atoms with Crippen LogP contribution >= 0.6 is 23.4 Å². The van der Waals surface area contributed by atoms with Crippen molar-refractivity contribution in [2.24, 2.45) is 4.99 Å². The minimum absolute atomic E-state index is 0.225. The smallest absolute Gasteiger partial charge is 0.283 e. The Morgan fingerprint density at radius 1 is 1.17 bits per heavy atom. The second-order valence-electron chi connectivity index (χ2n) is 5.87. The highest BCUT2D eigenvalue weighted by Gasteiger charge is 2.32. The molecular formula is C22H19ClN2O3S. The second-order valence-corrected chi connectivity index (χ2v) is 7.22. The quantitative estimate of drug-likeness (QED) is 0.506. The van der Waals surface area contributed by atoms with Gasteiger partial charge in [-0.15, -0.1) is 5.92 Å². The molecule has 2 aromatic carbocycles. The number of thioether (sulfide) groups is 1. The van der Waals surface area contributed by atoms with Crippen LogP contribution in [0, 0.1) is 11.8 Å². The highest BCUT2D eigenvalue weighted by Crippen LogP contribution is 2.34. The fraction of sp³-hybridized carbons (Fsp3) is 0.182. The first kappa shape index (κ1) is 20.8. The number of anilines is 1. The fourth-order valence-electron chi connectivity index (χ4n) is 2.64. The van der Waals surface area contributed by atoms with Crippen LogP contribution < -0.4 is 14.4 Å². The summed E-state index contributed by atoms with van der Waals surface area (Å²) in [6.07, 6.45) is 1.75. The molecule has 1 aliphatic rings. The molecule has 5 nitrogen and oxygen atoms in total. The first-order valence-electron chi connectivity index (χ1n) is 8.72. The molecule has 0 spiro atoms. The summed E-state index contributed by atoms with van der Waals surface area (Å²) in [4.78, 5) is 19.3. The predicted octanol–water partition coefficient (Wildman–Crippen LogP) is 4.86. The number of benzene rings is 2. The Balaban J connectivity index is 1.98. The van der Waals surface area contributed by atoms with Gasteiger partial charge in [-0.25, -0.2) is 4.99 Å². The molecule has 148 valence electrons. The lowest BCUT2D eigenvalue weighted by Gasteiger charge is -2.18. The summed E-state index contributed by atoms with van der Waals surface area (Å²) in [5.74, 6) is 7.38. The van der Waals surface area contributed by atoms with Crippen LogP contribution in [-0.2, 0) is 4.79 Å². The maximum absolute atomic E-state index is 13.2. The van der Waals surface area contributed by atoms with Gasteiger partial charge in [-0.05, 0) is 42.8 Å². The Kier molecular flexibility index (Phi) is 6.86. The highest BCUT2D eigenvalue weighted by atomic mass is 35.5. The molecule has 1 amide bonds. The van der Waals surface area contributed by atoms with E-state index in [9.17, 15) is 4.79 Å². The lowest BCUT2D eigenvalue weighted by atomic mass is 10.2. The molecule has 0 bridgehead atoms. The summed E-state index contributed by atoms with van der Waals surface area (Å²) in [6.45, 7) is 1.78. The van der Waals surface area contributed by atoms with Crippen LogP contribution in [0.4, 0.5) is 5.69 Å². The van der Waals surface area contributed by atoms with E-state index in [0.717, 1.165) is 11.3 Å². The van der Waals surface area contributed by atoms with Crippen LogP contribution in [0.3, 0.4) is 0 Å². The number of hydrogen-bond acceptors (Lipinski definition) is 5. The van der Waals surface area contributed by atoms with E-state index in [1.165, 1.54) is 18.9 Å². The minimum Gasteiger partial charge on any atom is -0.497 e. The van der Waals surface area contributed by atoms with Gasteiger partial charge in [0, 0.05) is 6.07 Å². The minimum atomic E-state index is -0.225. The van der Waals surface area contributed by atoms with Crippen molar-refractivity contribution in [3.8, 4) is 23.3 Å². The van der Waals surface area contributed by atoms with Crippen LogP contribution in [-0.4, -0.2) is 31.0 Å². The summed E-state index contributed by atoms with van der Waals surface area (Å²) in [5, 5.41) is 1.03. The Labute approximate surface area is 179 Å². The lowest BCUT2D eigenvalue weighted by Crippen LogP contribution is -2.30. The molecule has 0 saturated carbocycles. The maximum atomic E-state index is 13.2. The summed E-state index contributed by atoms with van der Waals surface area (Å²) < 4.78 is 10.5. The zero-order valence-electron chi connectivity index (χ0n) is 16.2. The van der Waals surface area contributed by atoms with Gasteiger partial charge in [-0.2, -0.15) is 0 Å². The molecule has 0 radical (unpaired) electrons. The van der Waals surface area contributed by atoms with Gasteiger partial charge < -0.3 is 9.47 Å². The molecule has 1 heterocycles. The van der Waals surface area contributed by atoms with Crippen LogP contribution in [0.1, 0.15) is 12.5 Å². The summed E-state index contributed by atoms with van der Waals surface area (Å²) in [7, 11) is 3.14. The number of carbonyl (C=O) groups is 1. The van der Waals surface area contributed by atoms with E-state index in [2.05, 4.69) is 16.8 Å². The maximum Gasteiger partial charge on any atom is 0.283 e. The van der Waals surface area contributed by atoms with E-state index in [-0.39, 0.29) is 5.91 Å². The van der Waals surface area contributed by atoms with Crippen molar-refractivity contribution in [3.05, 3.63) is 58.7 Å². The highest BCUT2D eigenvalue weighted by molar-refractivity contribution is 8.14. The Hall–Kier alpha value is -2.88. The van der Waals surface area contributed by atoms with Gasteiger partial charge >= 0.3 is 0 Å². The lowest BCUT2D eigenvalue weighted by molar-refractivity contribution is -0.113. The van der Waals surface area contributed by atoms with Gasteiger partial charge in [-0.3, -0.25) is 9.69 Å². The molecule has 0 saturated heterocycles. The first-order valence-corrected chi connectivity index (χ1v) is 10.1. The van der Waals surface area contributed by atoms with Crippen LogP contribution in [0.25, 0.3) is 6.08 Å². The van der Waals surface area contributed by atoms with Crippen molar-refractivity contribution in [2.45, 2.75) is 6.92 Å². The zero-order valence-corrected chi connectivity index (χ0v) is 17.8. The topological polar surface area (TPSA) is 51.1 Å². The van der Waals surface area contributed by atoms with Crippen molar-refractivity contribution in [3.63, 3.8) is 0 Å². The van der Waals surface area contributed by atoms with E-state index >= 15 is 0 Å². The van der Waals surface area contributed by atoms with Gasteiger partial charge in [0.2, 0.25) is 0 Å². The summed E-state index contributed by atoms with van der Waals surface area (Å²) in [6, 6.07) is 12.6. The number of methoxy groups -OCH3 is 2. The average molecular weight is 427 g/mol. The molecule has 0 unspecified atom stereocenters. The molecule has 0 aromatic heterocycles. The van der Waals surface area contributed by atoms with Gasteiger partial charge in [0.1, 0.15) is 17.2 Å². The van der Waals surface area contributed by atoms with Gasteiger partial charge in [0.25, 0.3) is 5.91 Å². The van der Waals surface area contributed by atoms with Gasteiger partial charge in [-0.1, -0.05) is 41.4 Å². The van der Waals surface area contributed by atoms with E-state index in [1.54, 1.807) is 43.2 Å². The number of nitrogens with zero attached hydrogens (tertiary/aromatic N) is 2. The monoisotopic (exact) mass is 426 g/mol. The number of amidine groups is 1. The van der Waals surface area contributed by atoms with Crippen LogP contribution in [0.15, 0.2) is 53.2 Å². The molecule has 0 fully saturated rings. The first-order chi connectivity index (χ1) is 14.1. The normalized spacial score (nSPS) is 14.5. The molecule has 29 heavy (non-hydrogen) atoms. The van der Waals surface area contributed by atoms with E-state index in [1.807, 2.05) is 24.3 Å². The third kappa shape index (κ3) is 4.76. The number of amides is 1. The van der Waals surface area contributed by atoms with Crippen molar-refractivity contribution in [1.82, 2.24) is 0 Å². The molecule has 7 heteroatoms. The van der Waals surface area contributed by atoms with Crippen molar-refractivity contribution in [1.29, 1.82) is 0 Å². The number of hydrogen-bond donors (Lipinski definition) is 0. The van der Waals surface area contributed by atoms with Gasteiger partial charge in [0.05, 0.1) is 30.7 Å². The van der Waals surface area contributed by atoms with Crippen LogP contribution in [0.2, 0.25) is 5.02 Å². The predicted molar refractivity (Wildman–Crippen MR) is 120 cm³/mol. The molecule has 3 rings (SSSR count). The Morgan fingerprint density at radius 2 is 1.93 bits per heavy atom. The summed E-state index contributed by atoms with van der Waals surface area (Å²) in [5.41, 5.74) is 1.83. The third-order valence-electron chi connectivity index (χ3n) is 4.09. The molecule has 2 aromatic rings. The number of carbonyl (C=O) groups excluding carboxylic acids is 1. The standard InChI is InChI=1S/C22H19ClN2O3S/c1-4-5-12-29-22-24-19(13-15-6-9-17(27-2)10-7-15)21(26)25(22)16-8-11-18(23)20(14-16)28-3/h6-11,13-14H,12H2,1-3H3. The number of halogens is 1. The summed E-state index contributed by atoms with van der Waals surface area (Å²) >= 11 is 7.54. The second kappa shape index (κ2) is 9.55. The Morgan fingerprint density at radius 3 is 2.59 bits per heavy atom. The third-order valence-corrected chi connectivity index (χ3v) is 5.22. The molecule has 1 aliphatic heterocycles. The van der Waals surface area contributed by atoms with E-state index in [0.29, 0.717) is 33.1 Å². The SMILES string of the molecule is CC#CCSC1=NC(=Cc2ccc(OC)cc2)C(=O)N1c1ccc(Cl)c(OC)c1. The molecule has 0 atom stereocenters. The Bertz CT molecular complexity index is 1040. The number of ether oxygens (including phenoxy) is 2. The van der Waals surface area contributed by atoms with E-state index < -0.39 is 0 Å². The number of rotatable bonds is 5. The van der Waals surface area contributed by atoms with Crippen molar-refractivity contribution >= 4 is 46.2 Å². The molecule has 0 N–H and O–H groups in total.